The van der Waals surface area contributed by atoms with Crippen LogP contribution < -0.4 is 5.32 Å². The second-order valence-corrected chi connectivity index (χ2v) is 5.37. The number of ether oxygens (including phenoxy) is 1. The van der Waals surface area contributed by atoms with E-state index in [1.54, 1.807) is 4.90 Å². The molecular weight excluding hydrogens is 274 g/mol. The van der Waals surface area contributed by atoms with Crippen LogP contribution in [0.4, 0.5) is 4.79 Å². The fraction of sp³-hybridized carbons (Fsp3) is 0.857. The molecule has 0 saturated carbocycles. The lowest BCUT2D eigenvalue weighted by Gasteiger charge is -2.30. The van der Waals surface area contributed by atoms with Crippen LogP contribution in [-0.4, -0.2) is 79.4 Å². The third-order valence-corrected chi connectivity index (χ3v) is 3.80. The van der Waals surface area contributed by atoms with E-state index >= 15 is 0 Å². The maximum atomic E-state index is 12.3. The lowest BCUT2D eigenvalue weighted by Crippen LogP contribution is -2.51. The third kappa shape index (κ3) is 5.17. The number of carboxylic acids is 1. The number of urea groups is 1. The summed E-state index contributed by atoms with van der Waals surface area (Å²) in [5, 5.41) is 12.1. The number of aliphatic carboxylic acids is 1. The molecule has 2 N–H and O–H groups in total. The minimum Gasteiger partial charge on any atom is -0.481 e. The van der Waals surface area contributed by atoms with Gasteiger partial charge < -0.3 is 25.0 Å². The molecule has 0 aliphatic carbocycles. The highest BCUT2D eigenvalue weighted by molar-refractivity contribution is 5.77. The molecular formula is C14H27N3O4. The highest BCUT2D eigenvalue weighted by Gasteiger charge is 2.39. The molecule has 2 atom stereocenters. The van der Waals surface area contributed by atoms with Gasteiger partial charge in [-0.25, -0.2) is 4.79 Å². The summed E-state index contributed by atoms with van der Waals surface area (Å²) < 4.78 is 5.26. The van der Waals surface area contributed by atoms with Crippen molar-refractivity contribution in [3.05, 3.63) is 0 Å². The Labute approximate surface area is 126 Å². The van der Waals surface area contributed by atoms with E-state index in [2.05, 4.69) is 17.1 Å². The van der Waals surface area contributed by atoms with Crippen LogP contribution in [0.1, 0.15) is 20.3 Å². The molecule has 2 amide bonds. The zero-order valence-electron chi connectivity index (χ0n) is 13.2. The van der Waals surface area contributed by atoms with Gasteiger partial charge in [-0.3, -0.25) is 4.79 Å². The van der Waals surface area contributed by atoms with Crippen molar-refractivity contribution >= 4 is 12.0 Å². The predicted octanol–water partition coefficient (Wildman–Crippen LogP) is 0.459. The van der Waals surface area contributed by atoms with Gasteiger partial charge >= 0.3 is 12.0 Å². The van der Waals surface area contributed by atoms with Gasteiger partial charge in [0.15, 0.2) is 0 Å². The number of hydrogen-bond donors (Lipinski definition) is 2. The van der Waals surface area contributed by atoms with Gasteiger partial charge in [-0.1, -0.05) is 13.8 Å². The number of likely N-dealkylation sites (N-methyl/N-ethyl adjacent to an activating group) is 1. The largest absolute Gasteiger partial charge is 0.481 e. The molecule has 1 aliphatic heterocycles. The van der Waals surface area contributed by atoms with Gasteiger partial charge in [0.2, 0.25) is 0 Å². The molecule has 2 unspecified atom stereocenters. The van der Waals surface area contributed by atoms with E-state index < -0.39 is 11.9 Å². The third-order valence-electron chi connectivity index (χ3n) is 3.80. The van der Waals surface area contributed by atoms with E-state index in [-0.39, 0.29) is 18.7 Å². The van der Waals surface area contributed by atoms with Crippen molar-refractivity contribution in [2.45, 2.75) is 26.3 Å². The van der Waals surface area contributed by atoms with E-state index in [1.165, 1.54) is 0 Å². The summed E-state index contributed by atoms with van der Waals surface area (Å²) in [6.07, 6.45) is 0.783. The highest BCUT2D eigenvalue weighted by Crippen LogP contribution is 2.20. The van der Waals surface area contributed by atoms with Crippen LogP contribution in [0.2, 0.25) is 0 Å². The number of carboxylic acid groups (broad SMARTS) is 1. The first-order chi connectivity index (χ1) is 10.0. The Bertz CT molecular complexity index is 351. The van der Waals surface area contributed by atoms with Crippen molar-refractivity contribution in [2.24, 2.45) is 5.92 Å². The number of hydrogen-bond acceptors (Lipinski definition) is 4. The number of amides is 2. The Morgan fingerprint density at radius 2 is 2.00 bits per heavy atom. The molecule has 0 radical (unpaired) electrons. The van der Waals surface area contributed by atoms with Crippen molar-refractivity contribution < 1.29 is 19.4 Å². The average Bonchev–Trinajstić information content (AvgIpc) is 2.93. The van der Waals surface area contributed by atoms with E-state index in [4.69, 9.17) is 4.74 Å². The zero-order chi connectivity index (χ0) is 15.8. The Kier molecular flexibility index (Phi) is 7.45. The van der Waals surface area contributed by atoms with Gasteiger partial charge in [-0.05, 0) is 20.0 Å². The molecule has 1 aliphatic rings. The van der Waals surface area contributed by atoms with Crippen LogP contribution in [0, 0.1) is 5.92 Å². The lowest BCUT2D eigenvalue weighted by atomic mass is 10.0. The Hall–Kier alpha value is -1.34. The second-order valence-electron chi connectivity index (χ2n) is 5.37. The molecule has 0 aromatic heterocycles. The van der Waals surface area contributed by atoms with E-state index in [0.717, 1.165) is 19.5 Å². The van der Waals surface area contributed by atoms with E-state index in [0.29, 0.717) is 19.7 Å². The molecule has 0 spiro atoms. The van der Waals surface area contributed by atoms with Crippen LogP contribution in [0.15, 0.2) is 0 Å². The van der Waals surface area contributed by atoms with Crippen LogP contribution >= 0.6 is 0 Å². The molecule has 1 heterocycles. The number of nitrogens with zero attached hydrogens (tertiary/aromatic N) is 2. The van der Waals surface area contributed by atoms with Gasteiger partial charge in [-0.15, -0.1) is 0 Å². The van der Waals surface area contributed by atoms with Gasteiger partial charge in [-0.2, -0.15) is 0 Å². The summed E-state index contributed by atoms with van der Waals surface area (Å²) in [7, 11) is 1.99. The summed E-state index contributed by atoms with van der Waals surface area (Å²) >= 11 is 0. The molecule has 1 saturated heterocycles. The minimum atomic E-state index is -0.905. The Morgan fingerprint density at radius 3 is 2.57 bits per heavy atom. The average molecular weight is 301 g/mol. The minimum absolute atomic E-state index is 0.173. The molecule has 0 bridgehead atoms. The van der Waals surface area contributed by atoms with E-state index in [1.807, 2.05) is 14.0 Å². The van der Waals surface area contributed by atoms with Crippen molar-refractivity contribution in [2.75, 3.05) is 46.4 Å². The molecule has 7 heteroatoms. The number of rotatable bonds is 8. The number of nitrogens with one attached hydrogen (secondary N) is 1. The maximum absolute atomic E-state index is 12.3. The van der Waals surface area contributed by atoms with Crippen molar-refractivity contribution in [1.29, 1.82) is 0 Å². The first-order valence-corrected chi connectivity index (χ1v) is 7.54. The summed E-state index contributed by atoms with van der Waals surface area (Å²) in [6, 6.07) is -0.588. The molecule has 21 heavy (non-hydrogen) atoms. The van der Waals surface area contributed by atoms with Crippen molar-refractivity contribution in [3.63, 3.8) is 0 Å². The summed E-state index contributed by atoms with van der Waals surface area (Å²) in [5.41, 5.74) is 0. The van der Waals surface area contributed by atoms with Gasteiger partial charge in [0, 0.05) is 19.6 Å². The quantitative estimate of drug-likeness (QED) is 0.680. The first-order valence-electron chi connectivity index (χ1n) is 7.54. The molecule has 1 fully saturated rings. The number of carbonyl (C=O) groups is 2. The maximum Gasteiger partial charge on any atom is 0.317 e. The molecule has 1 rings (SSSR count). The van der Waals surface area contributed by atoms with Crippen LogP contribution in [0.3, 0.4) is 0 Å². The smallest absolute Gasteiger partial charge is 0.317 e. The van der Waals surface area contributed by atoms with Crippen LogP contribution in [0.5, 0.6) is 0 Å². The first kappa shape index (κ1) is 17.7. The second kappa shape index (κ2) is 8.84. The van der Waals surface area contributed by atoms with Gasteiger partial charge in [0.25, 0.3) is 0 Å². The fourth-order valence-electron chi connectivity index (χ4n) is 2.36. The monoisotopic (exact) mass is 301 g/mol. The molecule has 0 aromatic rings. The summed E-state index contributed by atoms with van der Waals surface area (Å²) in [4.78, 5) is 27.3. The molecule has 0 aromatic carbocycles. The fourth-order valence-corrected chi connectivity index (χ4v) is 2.36. The highest BCUT2D eigenvalue weighted by atomic mass is 16.5. The van der Waals surface area contributed by atoms with Crippen molar-refractivity contribution in [1.82, 2.24) is 15.1 Å². The Balaban J connectivity index is 2.59. The Morgan fingerprint density at radius 1 is 1.29 bits per heavy atom. The zero-order valence-corrected chi connectivity index (χ0v) is 13.2. The standard InChI is InChI=1S/C14H27N3O4/c1-4-7-17(12-10-21-9-11(12)13(18)19)14(20)15-6-8-16(3)5-2/h11-12H,4-10H2,1-3H3,(H,15,20)(H,18,19). The molecule has 122 valence electrons. The molecule has 7 nitrogen and oxygen atoms in total. The van der Waals surface area contributed by atoms with Crippen LogP contribution in [0.25, 0.3) is 0 Å². The van der Waals surface area contributed by atoms with Gasteiger partial charge in [0.1, 0.15) is 5.92 Å². The van der Waals surface area contributed by atoms with Crippen molar-refractivity contribution in [3.8, 4) is 0 Å². The topological polar surface area (TPSA) is 82.1 Å². The summed E-state index contributed by atoms with van der Waals surface area (Å²) in [6.45, 7) is 7.26. The van der Waals surface area contributed by atoms with Gasteiger partial charge in [0.05, 0.1) is 19.3 Å². The predicted molar refractivity (Wildman–Crippen MR) is 79.3 cm³/mol. The van der Waals surface area contributed by atoms with Crippen LogP contribution in [-0.2, 0) is 9.53 Å². The van der Waals surface area contributed by atoms with E-state index in [9.17, 15) is 14.7 Å². The number of carbonyl (C=O) groups excluding carboxylic acids is 1. The normalized spacial score (nSPS) is 21.5. The summed E-state index contributed by atoms with van der Waals surface area (Å²) in [5.74, 6) is -1.54. The SMILES string of the molecule is CCCN(C(=O)NCCN(C)CC)C1COCC1C(=O)O. The lowest BCUT2D eigenvalue weighted by molar-refractivity contribution is -0.142.